The molecule has 2 heterocycles. The number of aliphatic hydroxyl groups excluding tert-OH is 8. The fraction of sp³-hybridized carbons (Fsp3) is 0.986. The summed E-state index contributed by atoms with van der Waals surface area (Å²) < 4.78 is 23.0. The number of hydrogen-bond donors (Lipinski definition) is 9. The minimum atomic E-state index is -1.78. The predicted molar refractivity (Wildman–Crippen MR) is 346 cm³/mol. The zero-order valence-electron chi connectivity index (χ0n) is 55.1. The molecule has 9 N–H and O–H groups in total. The minimum absolute atomic E-state index is 0.196. The van der Waals surface area contributed by atoms with Crippen LogP contribution in [0.25, 0.3) is 0 Å². The summed E-state index contributed by atoms with van der Waals surface area (Å²) in [5.74, 6) is -0.196. The summed E-state index contributed by atoms with van der Waals surface area (Å²) in [5, 5.41) is 87.7. The van der Waals surface area contributed by atoms with Crippen molar-refractivity contribution < 1.29 is 64.6 Å². The zero-order valence-corrected chi connectivity index (χ0v) is 55.1. The zero-order chi connectivity index (χ0) is 61.6. The number of aliphatic hydroxyl groups is 8. The second kappa shape index (κ2) is 56.9. The highest BCUT2D eigenvalue weighted by atomic mass is 16.7. The van der Waals surface area contributed by atoms with Crippen LogP contribution in [0.5, 0.6) is 0 Å². The summed E-state index contributed by atoms with van der Waals surface area (Å²) in [7, 11) is 0. The van der Waals surface area contributed by atoms with Gasteiger partial charge in [0.1, 0.15) is 48.8 Å². The predicted octanol–water partition coefficient (Wildman–Crippen LogP) is 15.2. The van der Waals surface area contributed by atoms with Gasteiger partial charge in [-0.3, -0.25) is 4.79 Å². The first-order chi connectivity index (χ1) is 41.6. The number of carbonyl (C=O) groups is 1. The van der Waals surface area contributed by atoms with Crippen molar-refractivity contribution in [3.63, 3.8) is 0 Å². The van der Waals surface area contributed by atoms with Crippen molar-refractivity contribution in [3.8, 4) is 0 Å². The van der Waals surface area contributed by atoms with Crippen LogP contribution in [0.2, 0.25) is 0 Å². The van der Waals surface area contributed by atoms with Crippen molar-refractivity contribution in [2.24, 2.45) is 0 Å². The third kappa shape index (κ3) is 41.2. The lowest BCUT2D eigenvalue weighted by Crippen LogP contribution is -2.65. The second-order valence-corrected chi connectivity index (χ2v) is 26.4. The Labute approximate surface area is 521 Å². The maximum atomic E-state index is 13.4. The smallest absolute Gasteiger partial charge is 0.220 e. The van der Waals surface area contributed by atoms with E-state index in [1.165, 1.54) is 276 Å². The van der Waals surface area contributed by atoms with Gasteiger partial charge in [-0.15, -0.1) is 0 Å². The molecule has 2 saturated heterocycles. The van der Waals surface area contributed by atoms with Gasteiger partial charge in [0.05, 0.1) is 32.0 Å². The summed E-state index contributed by atoms with van der Waals surface area (Å²) >= 11 is 0. The van der Waals surface area contributed by atoms with E-state index in [0.29, 0.717) is 12.8 Å². The van der Waals surface area contributed by atoms with Gasteiger partial charge < -0.3 is 65.1 Å². The molecule has 14 heteroatoms. The van der Waals surface area contributed by atoms with Crippen molar-refractivity contribution in [1.29, 1.82) is 0 Å². The molecule has 14 nitrogen and oxygen atoms in total. The Morgan fingerprint density at radius 1 is 0.376 bits per heavy atom. The van der Waals surface area contributed by atoms with E-state index in [-0.39, 0.29) is 12.5 Å². The quantitative estimate of drug-likeness (QED) is 0.0259. The first-order valence-corrected chi connectivity index (χ1v) is 36.8. The molecule has 0 aromatic heterocycles. The molecule has 12 unspecified atom stereocenters. The lowest BCUT2D eigenvalue weighted by atomic mass is 9.97. The van der Waals surface area contributed by atoms with Gasteiger partial charge in [0.15, 0.2) is 12.6 Å². The van der Waals surface area contributed by atoms with Crippen molar-refractivity contribution in [3.05, 3.63) is 0 Å². The van der Waals surface area contributed by atoms with Gasteiger partial charge in [-0.2, -0.15) is 0 Å². The number of hydrogen-bond acceptors (Lipinski definition) is 13. The highest BCUT2D eigenvalue weighted by Crippen LogP contribution is 2.30. The normalized spacial score (nSPS) is 23.4. The molecule has 2 fully saturated rings. The molecule has 0 saturated carbocycles. The molecule has 0 radical (unpaired) electrons. The molecular formula is C71H139NO13. The highest BCUT2D eigenvalue weighted by Gasteiger charge is 2.51. The van der Waals surface area contributed by atoms with E-state index in [1.54, 1.807) is 0 Å². The van der Waals surface area contributed by atoms with E-state index in [1.807, 2.05) is 0 Å². The summed E-state index contributed by atoms with van der Waals surface area (Å²) in [4.78, 5) is 13.4. The Bertz CT molecular complexity index is 1430. The number of carbonyl (C=O) groups excluding carboxylic acids is 1. The van der Waals surface area contributed by atoms with Crippen molar-refractivity contribution >= 4 is 5.91 Å². The third-order valence-electron chi connectivity index (χ3n) is 18.6. The van der Waals surface area contributed by atoms with E-state index in [2.05, 4.69) is 19.2 Å². The Balaban J connectivity index is 1.65. The molecule has 0 aliphatic carbocycles. The molecule has 0 aromatic carbocycles. The topological polar surface area (TPSA) is 228 Å². The van der Waals surface area contributed by atoms with E-state index in [9.17, 15) is 45.6 Å². The van der Waals surface area contributed by atoms with Crippen LogP contribution >= 0.6 is 0 Å². The van der Waals surface area contributed by atoms with Crippen LogP contribution in [0.4, 0.5) is 0 Å². The van der Waals surface area contributed by atoms with Crippen molar-refractivity contribution in [2.45, 2.75) is 428 Å². The van der Waals surface area contributed by atoms with Crippen molar-refractivity contribution in [2.75, 3.05) is 19.8 Å². The molecule has 12 atom stereocenters. The van der Waals surface area contributed by atoms with Gasteiger partial charge in [-0.1, -0.05) is 335 Å². The van der Waals surface area contributed by atoms with E-state index >= 15 is 0 Å². The van der Waals surface area contributed by atoms with Gasteiger partial charge in [0.2, 0.25) is 5.91 Å². The van der Waals surface area contributed by atoms with Gasteiger partial charge in [-0.05, 0) is 12.8 Å². The highest BCUT2D eigenvalue weighted by molar-refractivity contribution is 5.76. The van der Waals surface area contributed by atoms with Crippen LogP contribution in [0.15, 0.2) is 0 Å². The Hall–Kier alpha value is -1.01. The summed E-state index contributed by atoms with van der Waals surface area (Å²) in [6.07, 6.45) is 51.2. The average molecular weight is 1210 g/mol. The standard InChI is InChI=1S/C71H139NO13/c1-3-5-7-9-11-13-15-17-19-21-23-25-27-29-30-31-32-34-36-38-40-42-44-46-48-50-52-54-60(75)59(58-82-70-68(81)66(79)69(62(57-74)84-70)85-71-67(80)65(78)64(77)61(56-73)83-71)72-63(76)55-53-51-49-47-45-43-41-39-37-35-33-28-26-24-22-20-18-16-14-12-10-8-6-4-2/h59-62,64-71,73-75,77-81H,3-58H2,1-2H3,(H,72,76). The molecule has 2 rings (SSSR count). The summed E-state index contributed by atoms with van der Waals surface area (Å²) in [5.41, 5.74) is 0. The maximum absolute atomic E-state index is 13.4. The van der Waals surface area contributed by atoms with Gasteiger partial charge in [0, 0.05) is 6.42 Å². The largest absolute Gasteiger partial charge is 0.394 e. The SMILES string of the molecule is CCCCCCCCCCCCCCCCCCCCCCCCCCCCCC(O)C(COC1OC(CO)C(OC2OC(CO)C(O)C(O)C2O)C(O)C1O)NC(=O)CCCCCCCCCCCCCCCCCCCCCCCCCC. The Morgan fingerprint density at radius 2 is 0.671 bits per heavy atom. The average Bonchev–Trinajstić information content (AvgIpc) is 3.69. The van der Waals surface area contributed by atoms with Crippen LogP contribution < -0.4 is 5.32 Å². The lowest BCUT2D eigenvalue weighted by molar-refractivity contribution is -0.359. The lowest BCUT2D eigenvalue weighted by Gasteiger charge is -2.46. The molecule has 2 aliphatic rings. The third-order valence-corrected chi connectivity index (χ3v) is 18.6. The minimum Gasteiger partial charge on any atom is -0.394 e. The van der Waals surface area contributed by atoms with Crippen LogP contribution in [-0.2, 0) is 23.7 Å². The van der Waals surface area contributed by atoms with Crippen LogP contribution in [0.1, 0.15) is 354 Å². The van der Waals surface area contributed by atoms with Crippen molar-refractivity contribution in [1.82, 2.24) is 5.32 Å². The Kier molecular flexibility index (Phi) is 53.6. The first kappa shape index (κ1) is 80.1. The number of rotatable bonds is 62. The molecule has 0 aromatic rings. The second-order valence-electron chi connectivity index (χ2n) is 26.4. The maximum Gasteiger partial charge on any atom is 0.220 e. The molecule has 1 amide bonds. The molecule has 506 valence electrons. The fourth-order valence-corrected chi connectivity index (χ4v) is 12.7. The summed E-state index contributed by atoms with van der Waals surface area (Å²) in [6, 6.07) is -0.824. The monoisotopic (exact) mass is 1210 g/mol. The van der Waals surface area contributed by atoms with Crippen LogP contribution in [0, 0.1) is 0 Å². The number of amides is 1. The van der Waals surface area contributed by atoms with Crippen LogP contribution in [-0.4, -0.2) is 140 Å². The number of nitrogens with one attached hydrogen (secondary N) is 1. The molecule has 2 aliphatic heterocycles. The molecule has 85 heavy (non-hydrogen) atoms. The fourth-order valence-electron chi connectivity index (χ4n) is 12.7. The molecular weight excluding hydrogens is 1070 g/mol. The first-order valence-electron chi connectivity index (χ1n) is 36.8. The van der Waals surface area contributed by atoms with Gasteiger partial charge in [0.25, 0.3) is 0 Å². The number of unbranched alkanes of at least 4 members (excludes halogenated alkanes) is 49. The molecule has 0 spiro atoms. The summed E-state index contributed by atoms with van der Waals surface area (Å²) in [6.45, 7) is 2.94. The van der Waals surface area contributed by atoms with Gasteiger partial charge >= 0.3 is 0 Å². The van der Waals surface area contributed by atoms with E-state index in [4.69, 9.17) is 18.9 Å². The van der Waals surface area contributed by atoms with E-state index in [0.717, 1.165) is 51.4 Å². The number of ether oxygens (including phenoxy) is 4. The molecule has 0 bridgehead atoms. The Morgan fingerprint density at radius 3 is 1.00 bits per heavy atom. The van der Waals surface area contributed by atoms with Crippen LogP contribution in [0.3, 0.4) is 0 Å². The van der Waals surface area contributed by atoms with Gasteiger partial charge in [-0.25, -0.2) is 0 Å². The van der Waals surface area contributed by atoms with E-state index < -0.39 is 86.8 Å².